The van der Waals surface area contributed by atoms with Gasteiger partial charge in [-0.3, -0.25) is 0 Å². The molecule has 0 fully saturated rings. The van der Waals surface area contributed by atoms with Crippen LogP contribution in [0.4, 0.5) is 0 Å². The third-order valence-electron chi connectivity index (χ3n) is 8.05. The highest BCUT2D eigenvalue weighted by Crippen LogP contribution is 2.14. The van der Waals surface area contributed by atoms with Crippen molar-refractivity contribution in [2.75, 3.05) is 13.2 Å². The van der Waals surface area contributed by atoms with Gasteiger partial charge in [0.1, 0.15) is 0 Å². The maximum absolute atomic E-state index is 10.5. The second-order valence-corrected chi connectivity index (χ2v) is 11.9. The van der Waals surface area contributed by atoms with Crippen molar-refractivity contribution >= 4 is 0 Å². The van der Waals surface area contributed by atoms with E-state index in [0.717, 1.165) is 32.2 Å². The molecular weight excluding hydrogens is 478 g/mol. The fourth-order valence-corrected chi connectivity index (χ4v) is 5.30. The van der Waals surface area contributed by atoms with Gasteiger partial charge in [-0.15, -0.1) is 0 Å². The molecule has 0 saturated heterocycles. The molecule has 0 aliphatic carbocycles. The third kappa shape index (κ3) is 30.2. The average Bonchev–Trinajstić information content (AvgIpc) is 2.95. The lowest BCUT2D eigenvalue weighted by Crippen LogP contribution is -2.43. The highest BCUT2D eigenvalue weighted by atomic mass is 16.3. The van der Waals surface area contributed by atoms with Gasteiger partial charge in [-0.05, 0) is 51.5 Å². The van der Waals surface area contributed by atoms with Crippen LogP contribution in [0.3, 0.4) is 0 Å². The fourth-order valence-electron chi connectivity index (χ4n) is 5.30. The Kier molecular flexibility index (Phi) is 33.0. The minimum Gasteiger partial charge on any atom is -0.395 e. The maximum Gasteiger partial charge on any atom is 0.0715 e. The van der Waals surface area contributed by atoms with Crippen LogP contribution in [0.25, 0.3) is 0 Å². The minimum absolute atomic E-state index is 0.0295. The molecule has 0 amide bonds. The first-order valence-electron chi connectivity index (χ1n) is 17.6. The van der Waals surface area contributed by atoms with Crippen LogP contribution in [-0.2, 0) is 0 Å². The van der Waals surface area contributed by atoms with E-state index in [2.05, 4.69) is 43.5 Å². The molecule has 0 heterocycles. The topological polar surface area (TPSA) is 52.5 Å². The summed E-state index contributed by atoms with van der Waals surface area (Å²) < 4.78 is 0. The van der Waals surface area contributed by atoms with Crippen molar-refractivity contribution in [1.82, 2.24) is 5.32 Å². The number of unbranched alkanes of at least 4 members (excludes halogenated alkanes) is 21. The van der Waals surface area contributed by atoms with Gasteiger partial charge in [0.2, 0.25) is 0 Å². The third-order valence-corrected chi connectivity index (χ3v) is 8.05. The van der Waals surface area contributed by atoms with Crippen LogP contribution in [0.5, 0.6) is 0 Å². The fraction of sp³-hybridized carbons (Fsp3) is 0.889. The Morgan fingerprint density at radius 1 is 0.513 bits per heavy atom. The van der Waals surface area contributed by atoms with Gasteiger partial charge in [0.15, 0.2) is 0 Å². The molecule has 0 aliphatic heterocycles. The normalized spacial score (nSPS) is 13.6. The summed E-state index contributed by atoms with van der Waals surface area (Å²) in [4.78, 5) is 0. The van der Waals surface area contributed by atoms with E-state index in [1.54, 1.807) is 0 Å². The number of aliphatic hydroxyl groups excluding tert-OH is 2. The summed E-state index contributed by atoms with van der Waals surface area (Å²) in [5, 5.41) is 23.6. The van der Waals surface area contributed by atoms with Crippen molar-refractivity contribution in [2.24, 2.45) is 0 Å². The Balaban J connectivity index is 3.46. The standard InChI is InChI=1S/C36H71NO2/c1-3-5-7-9-11-13-15-17-18-19-21-23-25-27-29-31-33-37-35(34-38)36(39)32-30-28-26-24-22-20-16-14-12-10-8-6-4-2/h11,13,17-18,35-39H,3-10,12,14-16,19-34H2,1-2H3/t35-,36+/m0/s1. The number of nitrogens with one attached hydrogen (secondary N) is 1. The molecule has 0 unspecified atom stereocenters. The molecule has 0 spiro atoms. The largest absolute Gasteiger partial charge is 0.395 e. The lowest BCUT2D eigenvalue weighted by Gasteiger charge is -2.22. The molecule has 3 nitrogen and oxygen atoms in total. The molecular formula is C36H71NO2. The number of rotatable bonds is 32. The Morgan fingerprint density at radius 2 is 0.923 bits per heavy atom. The molecule has 0 saturated carbocycles. The van der Waals surface area contributed by atoms with Crippen LogP contribution >= 0.6 is 0 Å². The summed E-state index contributed by atoms with van der Waals surface area (Å²) in [5.41, 5.74) is 0. The highest BCUT2D eigenvalue weighted by molar-refractivity contribution is 4.92. The molecule has 0 bridgehead atoms. The zero-order chi connectivity index (χ0) is 28.5. The summed E-state index contributed by atoms with van der Waals surface area (Å²) in [6, 6.07) is -0.166. The molecule has 0 aromatic carbocycles. The first-order chi connectivity index (χ1) is 19.3. The monoisotopic (exact) mass is 550 g/mol. The lowest BCUT2D eigenvalue weighted by atomic mass is 10.0. The Bertz CT molecular complexity index is 504. The quantitative estimate of drug-likeness (QED) is 0.0577. The molecule has 232 valence electrons. The molecule has 3 N–H and O–H groups in total. The molecule has 2 atom stereocenters. The van der Waals surface area contributed by atoms with Crippen molar-refractivity contribution < 1.29 is 10.2 Å². The van der Waals surface area contributed by atoms with Crippen molar-refractivity contribution in [1.29, 1.82) is 0 Å². The summed E-state index contributed by atoms with van der Waals surface area (Å²) in [5.74, 6) is 0. The Hall–Kier alpha value is -0.640. The van der Waals surface area contributed by atoms with Gasteiger partial charge in [-0.1, -0.05) is 160 Å². The van der Waals surface area contributed by atoms with Crippen molar-refractivity contribution in [3.63, 3.8) is 0 Å². The van der Waals surface area contributed by atoms with Crippen LogP contribution in [0.1, 0.15) is 181 Å². The second-order valence-electron chi connectivity index (χ2n) is 11.9. The summed E-state index contributed by atoms with van der Waals surface area (Å²) in [7, 11) is 0. The van der Waals surface area contributed by atoms with E-state index < -0.39 is 6.10 Å². The highest BCUT2D eigenvalue weighted by Gasteiger charge is 2.16. The summed E-state index contributed by atoms with van der Waals surface area (Å²) in [6.45, 7) is 5.46. The number of allylic oxidation sites excluding steroid dienone is 4. The van der Waals surface area contributed by atoms with Crippen LogP contribution < -0.4 is 5.32 Å². The molecule has 39 heavy (non-hydrogen) atoms. The summed E-state index contributed by atoms with van der Waals surface area (Å²) >= 11 is 0. The second kappa shape index (κ2) is 33.6. The number of hydrogen-bond donors (Lipinski definition) is 3. The molecule has 0 aromatic rings. The molecule has 0 aromatic heterocycles. The van der Waals surface area contributed by atoms with Gasteiger partial charge in [0.05, 0.1) is 18.8 Å². The van der Waals surface area contributed by atoms with Crippen molar-refractivity contribution in [2.45, 2.75) is 193 Å². The zero-order valence-electron chi connectivity index (χ0n) is 26.7. The van der Waals surface area contributed by atoms with E-state index in [-0.39, 0.29) is 12.6 Å². The van der Waals surface area contributed by atoms with E-state index in [0.29, 0.717) is 0 Å². The maximum atomic E-state index is 10.5. The molecule has 0 rings (SSSR count). The first-order valence-corrected chi connectivity index (χ1v) is 17.6. The van der Waals surface area contributed by atoms with E-state index in [1.165, 1.54) is 141 Å². The van der Waals surface area contributed by atoms with Gasteiger partial charge >= 0.3 is 0 Å². The Labute approximate surface area is 245 Å². The summed E-state index contributed by atoms with van der Waals surface area (Å²) in [6.07, 6.45) is 42.3. The molecule has 0 aliphatic rings. The van der Waals surface area contributed by atoms with E-state index in [9.17, 15) is 10.2 Å². The van der Waals surface area contributed by atoms with Crippen LogP contribution in [0.15, 0.2) is 24.3 Å². The van der Waals surface area contributed by atoms with Crippen LogP contribution in [0.2, 0.25) is 0 Å². The van der Waals surface area contributed by atoms with E-state index >= 15 is 0 Å². The number of aliphatic hydroxyl groups is 2. The molecule has 0 radical (unpaired) electrons. The predicted octanol–water partition coefficient (Wildman–Crippen LogP) is 10.6. The Morgan fingerprint density at radius 3 is 1.44 bits per heavy atom. The van der Waals surface area contributed by atoms with Crippen LogP contribution in [-0.4, -0.2) is 35.5 Å². The smallest absolute Gasteiger partial charge is 0.0715 e. The predicted molar refractivity (Wildman–Crippen MR) is 175 cm³/mol. The van der Waals surface area contributed by atoms with Gasteiger partial charge < -0.3 is 15.5 Å². The van der Waals surface area contributed by atoms with Gasteiger partial charge in [-0.25, -0.2) is 0 Å². The average molecular weight is 550 g/mol. The van der Waals surface area contributed by atoms with Crippen molar-refractivity contribution in [3.05, 3.63) is 24.3 Å². The minimum atomic E-state index is -0.424. The molecule has 3 heteroatoms. The van der Waals surface area contributed by atoms with E-state index in [1.807, 2.05) is 0 Å². The lowest BCUT2D eigenvalue weighted by molar-refractivity contribution is 0.0810. The SMILES string of the molecule is CCCCCC=CCC=CCCCCCCCCN[C@@H](CO)[C@H](O)CCCCCCCCCCCCCCC. The zero-order valence-corrected chi connectivity index (χ0v) is 26.7. The van der Waals surface area contributed by atoms with E-state index in [4.69, 9.17) is 0 Å². The number of hydrogen-bond acceptors (Lipinski definition) is 3. The first kappa shape index (κ1) is 38.4. The van der Waals surface area contributed by atoms with Crippen LogP contribution in [0, 0.1) is 0 Å². The van der Waals surface area contributed by atoms with Gasteiger partial charge in [0.25, 0.3) is 0 Å². The van der Waals surface area contributed by atoms with Gasteiger partial charge in [0, 0.05) is 0 Å². The van der Waals surface area contributed by atoms with Crippen molar-refractivity contribution in [3.8, 4) is 0 Å². The van der Waals surface area contributed by atoms with Gasteiger partial charge in [-0.2, -0.15) is 0 Å².